The molecule has 0 aromatic heterocycles. The monoisotopic (exact) mass is 264 g/mol. The molecule has 0 aliphatic carbocycles. The highest BCUT2D eigenvalue weighted by atomic mass is 16.6. The smallest absolute Gasteiger partial charge is 0.255 e. The summed E-state index contributed by atoms with van der Waals surface area (Å²) >= 11 is 0. The molecule has 1 heterocycles. The summed E-state index contributed by atoms with van der Waals surface area (Å²) in [6, 6.07) is 5.45. The Morgan fingerprint density at radius 2 is 2.21 bits per heavy atom. The van der Waals surface area contributed by atoms with E-state index in [0.717, 1.165) is 12.8 Å². The van der Waals surface area contributed by atoms with Crippen molar-refractivity contribution in [2.45, 2.75) is 25.8 Å². The molecular formula is C14H20N2O3. The van der Waals surface area contributed by atoms with Crippen LogP contribution in [0, 0.1) is 0 Å². The van der Waals surface area contributed by atoms with E-state index < -0.39 is 0 Å². The average molecular weight is 264 g/mol. The highest BCUT2D eigenvalue weighted by molar-refractivity contribution is 5.98. The molecule has 1 amide bonds. The number of ether oxygens (including phenoxy) is 2. The van der Waals surface area contributed by atoms with Gasteiger partial charge in [-0.25, -0.2) is 0 Å². The Hall–Kier alpha value is -1.75. The molecule has 19 heavy (non-hydrogen) atoms. The van der Waals surface area contributed by atoms with Gasteiger partial charge in [0.05, 0.1) is 5.56 Å². The van der Waals surface area contributed by atoms with E-state index in [-0.39, 0.29) is 11.9 Å². The molecule has 0 radical (unpaired) electrons. The molecule has 1 unspecified atom stereocenters. The Kier molecular flexibility index (Phi) is 4.63. The van der Waals surface area contributed by atoms with Crippen LogP contribution in [0.4, 0.5) is 0 Å². The quantitative estimate of drug-likeness (QED) is 0.841. The molecule has 3 N–H and O–H groups in total. The number of nitrogens with one attached hydrogen (secondary N) is 1. The largest absolute Gasteiger partial charge is 0.486 e. The molecule has 1 aromatic rings. The fraction of sp³-hybridized carbons (Fsp3) is 0.500. The van der Waals surface area contributed by atoms with Gasteiger partial charge in [-0.3, -0.25) is 4.79 Å². The van der Waals surface area contributed by atoms with Crippen molar-refractivity contribution in [2.75, 3.05) is 19.8 Å². The standard InChI is InChI=1S/C14H20N2O3/c1-2-10(6-7-15)16-14(17)11-4-3-5-12-13(11)19-9-8-18-12/h3-5,10H,2,6-9,15H2,1H3,(H,16,17). The first kappa shape index (κ1) is 13.7. The first-order valence-corrected chi connectivity index (χ1v) is 6.65. The van der Waals surface area contributed by atoms with E-state index in [2.05, 4.69) is 5.32 Å². The number of fused-ring (bicyclic) bond motifs is 1. The molecule has 0 saturated carbocycles. The third-order valence-electron chi connectivity index (χ3n) is 3.15. The van der Waals surface area contributed by atoms with E-state index >= 15 is 0 Å². The van der Waals surface area contributed by atoms with E-state index in [9.17, 15) is 4.79 Å². The van der Waals surface area contributed by atoms with Crippen molar-refractivity contribution in [3.63, 3.8) is 0 Å². The predicted molar refractivity (Wildman–Crippen MR) is 72.6 cm³/mol. The summed E-state index contributed by atoms with van der Waals surface area (Å²) in [6.07, 6.45) is 1.63. The Morgan fingerprint density at radius 3 is 2.95 bits per heavy atom. The van der Waals surface area contributed by atoms with E-state index in [4.69, 9.17) is 15.2 Å². The predicted octanol–water partition coefficient (Wildman–Crippen LogP) is 1.31. The molecule has 0 bridgehead atoms. The minimum atomic E-state index is -0.136. The molecule has 5 heteroatoms. The Labute approximate surface area is 113 Å². The molecule has 1 aliphatic heterocycles. The van der Waals surface area contributed by atoms with Gasteiger partial charge in [-0.1, -0.05) is 13.0 Å². The number of hydrogen-bond donors (Lipinski definition) is 2. The minimum absolute atomic E-state index is 0.0952. The summed E-state index contributed by atoms with van der Waals surface area (Å²) in [5.74, 6) is 1.03. The zero-order chi connectivity index (χ0) is 13.7. The maximum absolute atomic E-state index is 12.3. The first-order chi connectivity index (χ1) is 9.26. The van der Waals surface area contributed by atoms with Crippen LogP contribution >= 0.6 is 0 Å². The molecule has 1 atom stereocenters. The minimum Gasteiger partial charge on any atom is -0.486 e. The van der Waals surface area contributed by atoms with Crippen LogP contribution in [0.5, 0.6) is 11.5 Å². The fourth-order valence-electron chi connectivity index (χ4n) is 2.10. The van der Waals surface area contributed by atoms with Crippen molar-refractivity contribution in [3.05, 3.63) is 23.8 Å². The number of rotatable bonds is 5. The van der Waals surface area contributed by atoms with Crippen molar-refractivity contribution >= 4 is 5.91 Å². The van der Waals surface area contributed by atoms with Gasteiger partial charge < -0.3 is 20.5 Å². The molecule has 1 aliphatic rings. The van der Waals surface area contributed by atoms with E-state index in [0.29, 0.717) is 36.8 Å². The lowest BCUT2D eigenvalue weighted by molar-refractivity contribution is 0.0923. The van der Waals surface area contributed by atoms with E-state index in [1.165, 1.54) is 0 Å². The number of carbonyl (C=O) groups is 1. The van der Waals surface area contributed by atoms with Crippen molar-refractivity contribution in [1.29, 1.82) is 0 Å². The van der Waals surface area contributed by atoms with Gasteiger partial charge in [0.25, 0.3) is 5.91 Å². The summed E-state index contributed by atoms with van der Waals surface area (Å²) in [5, 5.41) is 2.98. The van der Waals surface area contributed by atoms with Crippen molar-refractivity contribution < 1.29 is 14.3 Å². The van der Waals surface area contributed by atoms with Crippen LogP contribution in [0.3, 0.4) is 0 Å². The molecule has 0 spiro atoms. The van der Waals surface area contributed by atoms with Crippen LogP contribution in [0.1, 0.15) is 30.1 Å². The number of benzene rings is 1. The molecule has 0 fully saturated rings. The molecule has 1 aromatic carbocycles. The second kappa shape index (κ2) is 6.43. The van der Waals surface area contributed by atoms with Crippen LogP contribution in [-0.2, 0) is 0 Å². The molecule has 5 nitrogen and oxygen atoms in total. The van der Waals surface area contributed by atoms with Gasteiger partial charge in [-0.15, -0.1) is 0 Å². The second-order valence-corrected chi connectivity index (χ2v) is 4.49. The van der Waals surface area contributed by atoms with Gasteiger partial charge in [0, 0.05) is 6.04 Å². The summed E-state index contributed by atoms with van der Waals surface area (Å²) in [6.45, 7) is 3.58. The molecule has 104 valence electrons. The lowest BCUT2D eigenvalue weighted by atomic mass is 10.1. The Morgan fingerprint density at radius 1 is 1.42 bits per heavy atom. The highest BCUT2D eigenvalue weighted by Crippen LogP contribution is 2.33. The number of carbonyl (C=O) groups excluding carboxylic acids is 1. The summed E-state index contributed by atoms with van der Waals surface area (Å²) < 4.78 is 11.0. The molecule has 0 saturated heterocycles. The number of amides is 1. The molecule has 2 rings (SSSR count). The van der Waals surface area contributed by atoms with Crippen molar-refractivity contribution in [2.24, 2.45) is 5.73 Å². The van der Waals surface area contributed by atoms with Gasteiger partial charge in [-0.2, -0.15) is 0 Å². The third-order valence-corrected chi connectivity index (χ3v) is 3.15. The fourth-order valence-corrected chi connectivity index (χ4v) is 2.10. The third kappa shape index (κ3) is 3.17. The highest BCUT2D eigenvalue weighted by Gasteiger charge is 2.21. The summed E-state index contributed by atoms with van der Waals surface area (Å²) in [7, 11) is 0. The number of nitrogens with two attached hydrogens (primary N) is 1. The van der Waals surface area contributed by atoms with Gasteiger partial charge in [-0.05, 0) is 31.5 Å². The SMILES string of the molecule is CCC(CCN)NC(=O)c1cccc2c1OCCO2. The van der Waals surface area contributed by atoms with Crippen LogP contribution in [0.2, 0.25) is 0 Å². The lowest BCUT2D eigenvalue weighted by Gasteiger charge is -2.22. The normalized spacial score (nSPS) is 14.8. The second-order valence-electron chi connectivity index (χ2n) is 4.49. The van der Waals surface area contributed by atoms with Crippen LogP contribution in [0.25, 0.3) is 0 Å². The zero-order valence-corrected chi connectivity index (χ0v) is 11.1. The van der Waals surface area contributed by atoms with Gasteiger partial charge in [0.15, 0.2) is 11.5 Å². The average Bonchev–Trinajstić information content (AvgIpc) is 2.46. The van der Waals surface area contributed by atoms with Gasteiger partial charge in [0.2, 0.25) is 0 Å². The summed E-state index contributed by atoms with van der Waals surface area (Å²) in [5.41, 5.74) is 6.06. The van der Waals surface area contributed by atoms with Gasteiger partial charge in [0.1, 0.15) is 13.2 Å². The maximum Gasteiger partial charge on any atom is 0.255 e. The van der Waals surface area contributed by atoms with Crippen LogP contribution in [-0.4, -0.2) is 31.7 Å². The van der Waals surface area contributed by atoms with Crippen molar-refractivity contribution in [3.8, 4) is 11.5 Å². The number of para-hydroxylation sites is 1. The lowest BCUT2D eigenvalue weighted by Crippen LogP contribution is -2.36. The van der Waals surface area contributed by atoms with Crippen LogP contribution < -0.4 is 20.5 Å². The van der Waals surface area contributed by atoms with Crippen LogP contribution in [0.15, 0.2) is 18.2 Å². The zero-order valence-electron chi connectivity index (χ0n) is 11.1. The Balaban J connectivity index is 2.15. The van der Waals surface area contributed by atoms with E-state index in [1.807, 2.05) is 13.0 Å². The molecular weight excluding hydrogens is 244 g/mol. The number of hydrogen-bond acceptors (Lipinski definition) is 4. The van der Waals surface area contributed by atoms with Crippen molar-refractivity contribution in [1.82, 2.24) is 5.32 Å². The van der Waals surface area contributed by atoms with E-state index in [1.54, 1.807) is 12.1 Å². The first-order valence-electron chi connectivity index (χ1n) is 6.65. The van der Waals surface area contributed by atoms with Gasteiger partial charge >= 0.3 is 0 Å². The Bertz CT molecular complexity index is 448. The topological polar surface area (TPSA) is 73.6 Å². The summed E-state index contributed by atoms with van der Waals surface area (Å²) in [4.78, 5) is 12.3. The maximum atomic E-state index is 12.3.